The van der Waals surface area contributed by atoms with E-state index in [4.69, 9.17) is 5.11 Å². The van der Waals surface area contributed by atoms with E-state index in [1.807, 2.05) is 20.8 Å². The van der Waals surface area contributed by atoms with Gasteiger partial charge < -0.3 is 15.7 Å². The lowest BCUT2D eigenvalue weighted by atomic mass is 10.1. The van der Waals surface area contributed by atoms with E-state index in [1.165, 1.54) is 0 Å². The molecule has 1 aromatic carbocycles. The summed E-state index contributed by atoms with van der Waals surface area (Å²) in [6.07, 6.45) is -0.115. The number of benzene rings is 1. The zero-order valence-corrected chi connectivity index (χ0v) is 11.4. The van der Waals surface area contributed by atoms with Gasteiger partial charge in [-0.25, -0.2) is 4.79 Å². The van der Waals surface area contributed by atoms with Crippen LogP contribution in [0.5, 0.6) is 0 Å². The molecule has 19 heavy (non-hydrogen) atoms. The Morgan fingerprint density at radius 3 is 2.42 bits per heavy atom. The zero-order valence-electron chi connectivity index (χ0n) is 11.4. The summed E-state index contributed by atoms with van der Waals surface area (Å²) in [6.45, 7) is 5.96. The number of rotatable bonds is 5. The van der Waals surface area contributed by atoms with Gasteiger partial charge in [0.2, 0.25) is 0 Å². The largest absolute Gasteiger partial charge is 0.481 e. The molecule has 1 aromatic rings. The van der Waals surface area contributed by atoms with E-state index in [2.05, 4.69) is 10.6 Å². The van der Waals surface area contributed by atoms with Crippen molar-refractivity contribution in [3.8, 4) is 0 Å². The molecule has 1 atom stereocenters. The molecule has 0 fully saturated rings. The molecular weight excluding hydrogens is 244 g/mol. The van der Waals surface area contributed by atoms with Gasteiger partial charge >= 0.3 is 12.0 Å². The average molecular weight is 264 g/mol. The Labute approximate surface area is 113 Å². The second-order valence-corrected chi connectivity index (χ2v) is 4.86. The van der Waals surface area contributed by atoms with E-state index in [0.717, 1.165) is 0 Å². The van der Waals surface area contributed by atoms with Crippen LogP contribution in [0, 0.1) is 5.92 Å². The van der Waals surface area contributed by atoms with Gasteiger partial charge in [-0.2, -0.15) is 0 Å². The second kappa shape index (κ2) is 6.78. The van der Waals surface area contributed by atoms with Gasteiger partial charge in [0.25, 0.3) is 0 Å². The molecule has 5 heteroatoms. The lowest BCUT2D eigenvalue weighted by Crippen LogP contribution is -2.39. The Balaban J connectivity index is 2.71. The molecule has 1 rings (SSSR count). The molecule has 0 radical (unpaired) electrons. The van der Waals surface area contributed by atoms with Crippen LogP contribution in [-0.2, 0) is 11.2 Å². The van der Waals surface area contributed by atoms with E-state index in [1.54, 1.807) is 24.3 Å². The van der Waals surface area contributed by atoms with Crippen LogP contribution in [0.15, 0.2) is 24.3 Å². The summed E-state index contributed by atoms with van der Waals surface area (Å²) in [5, 5.41) is 14.3. The first-order chi connectivity index (χ1) is 8.90. The predicted octanol–water partition coefficient (Wildman–Crippen LogP) is 2.48. The van der Waals surface area contributed by atoms with Gasteiger partial charge in [-0.1, -0.05) is 32.0 Å². The number of hydrogen-bond acceptors (Lipinski definition) is 2. The Hall–Kier alpha value is -2.04. The van der Waals surface area contributed by atoms with Crippen LogP contribution in [0.2, 0.25) is 0 Å². The van der Waals surface area contributed by atoms with Crippen LogP contribution in [0.25, 0.3) is 0 Å². The molecule has 0 heterocycles. The summed E-state index contributed by atoms with van der Waals surface area (Å²) >= 11 is 0. The van der Waals surface area contributed by atoms with Crippen molar-refractivity contribution in [3.63, 3.8) is 0 Å². The smallest absolute Gasteiger partial charge is 0.319 e. The quantitative estimate of drug-likeness (QED) is 0.764. The number of aliphatic carboxylic acids is 1. The van der Waals surface area contributed by atoms with Gasteiger partial charge in [0.05, 0.1) is 6.42 Å². The molecule has 3 N–H and O–H groups in total. The molecule has 0 saturated heterocycles. The van der Waals surface area contributed by atoms with Gasteiger partial charge in [-0.05, 0) is 24.5 Å². The third-order valence-corrected chi connectivity index (χ3v) is 2.97. The van der Waals surface area contributed by atoms with Crippen LogP contribution in [0.3, 0.4) is 0 Å². The lowest BCUT2D eigenvalue weighted by Gasteiger charge is -2.18. The molecule has 104 valence electrons. The standard InChI is InChI=1S/C14H20N2O3/c1-9(2)10(3)15-14(19)16-12-7-5-4-6-11(12)8-13(17)18/h4-7,9-10H,8H2,1-3H3,(H,17,18)(H2,15,16,19). The highest BCUT2D eigenvalue weighted by molar-refractivity contribution is 5.91. The number of carbonyl (C=O) groups is 2. The molecule has 0 aliphatic carbocycles. The highest BCUT2D eigenvalue weighted by Gasteiger charge is 2.12. The normalized spacial score (nSPS) is 12.0. The number of para-hydroxylation sites is 1. The first-order valence-electron chi connectivity index (χ1n) is 6.27. The minimum Gasteiger partial charge on any atom is -0.481 e. The number of anilines is 1. The van der Waals surface area contributed by atoms with E-state index < -0.39 is 5.97 Å². The van der Waals surface area contributed by atoms with Gasteiger partial charge in [-0.15, -0.1) is 0 Å². The van der Waals surface area contributed by atoms with Crippen LogP contribution in [0.1, 0.15) is 26.3 Å². The Bertz CT molecular complexity index is 458. The summed E-state index contributed by atoms with van der Waals surface area (Å²) in [7, 11) is 0. The summed E-state index contributed by atoms with van der Waals surface area (Å²) in [5.74, 6) is -0.592. The van der Waals surface area contributed by atoms with Crippen LogP contribution >= 0.6 is 0 Å². The average Bonchev–Trinajstić information content (AvgIpc) is 2.30. The molecule has 5 nitrogen and oxygen atoms in total. The van der Waals surface area contributed by atoms with Crippen molar-refractivity contribution in [2.45, 2.75) is 33.2 Å². The van der Waals surface area contributed by atoms with Crippen molar-refractivity contribution >= 4 is 17.7 Å². The fraction of sp³-hybridized carbons (Fsp3) is 0.429. The molecule has 0 saturated carbocycles. The second-order valence-electron chi connectivity index (χ2n) is 4.86. The maximum absolute atomic E-state index is 11.8. The maximum Gasteiger partial charge on any atom is 0.319 e. The molecule has 2 amide bonds. The lowest BCUT2D eigenvalue weighted by molar-refractivity contribution is -0.136. The number of carboxylic acids is 1. The van der Waals surface area contributed by atoms with Crippen LogP contribution < -0.4 is 10.6 Å². The van der Waals surface area contributed by atoms with Gasteiger partial charge in [-0.3, -0.25) is 4.79 Å². The molecule has 1 unspecified atom stereocenters. The van der Waals surface area contributed by atoms with Crippen LogP contribution in [-0.4, -0.2) is 23.1 Å². The number of nitrogens with one attached hydrogen (secondary N) is 2. The number of urea groups is 1. The number of carboxylic acid groups (broad SMARTS) is 1. The highest BCUT2D eigenvalue weighted by Crippen LogP contribution is 2.15. The minimum absolute atomic E-state index is 0.0478. The summed E-state index contributed by atoms with van der Waals surface area (Å²) in [6, 6.07) is 6.61. The van der Waals surface area contributed by atoms with Crippen molar-refractivity contribution in [1.82, 2.24) is 5.32 Å². The third-order valence-electron chi connectivity index (χ3n) is 2.97. The van der Waals surface area contributed by atoms with Crippen LogP contribution in [0.4, 0.5) is 10.5 Å². The third kappa shape index (κ3) is 4.99. The zero-order chi connectivity index (χ0) is 14.4. The summed E-state index contributed by atoms with van der Waals surface area (Å²) in [4.78, 5) is 22.5. The van der Waals surface area contributed by atoms with Gasteiger partial charge in [0, 0.05) is 11.7 Å². The topological polar surface area (TPSA) is 78.4 Å². The number of amides is 2. The predicted molar refractivity (Wildman–Crippen MR) is 74.2 cm³/mol. The van der Waals surface area contributed by atoms with Crippen molar-refractivity contribution in [2.75, 3.05) is 5.32 Å². The summed E-state index contributed by atoms with van der Waals surface area (Å²) < 4.78 is 0. The van der Waals surface area contributed by atoms with Gasteiger partial charge in [0.1, 0.15) is 0 Å². The van der Waals surface area contributed by atoms with Gasteiger partial charge in [0.15, 0.2) is 0 Å². The Kier molecular flexibility index (Phi) is 5.36. The first kappa shape index (κ1) is 15.0. The summed E-state index contributed by atoms with van der Waals surface area (Å²) in [5.41, 5.74) is 1.11. The van der Waals surface area contributed by atoms with E-state index >= 15 is 0 Å². The van der Waals surface area contributed by atoms with E-state index in [0.29, 0.717) is 17.2 Å². The molecule has 0 aliphatic rings. The van der Waals surface area contributed by atoms with Crippen molar-refractivity contribution < 1.29 is 14.7 Å². The van der Waals surface area contributed by atoms with Crippen molar-refractivity contribution in [1.29, 1.82) is 0 Å². The number of carbonyl (C=O) groups excluding carboxylic acids is 1. The molecular formula is C14H20N2O3. The maximum atomic E-state index is 11.8. The SMILES string of the molecule is CC(C)C(C)NC(=O)Nc1ccccc1CC(=O)O. The Morgan fingerprint density at radius 1 is 1.21 bits per heavy atom. The molecule has 0 aliphatic heterocycles. The minimum atomic E-state index is -0.926. The molecule has 0 aromatic heterocycles. The van der Waals surface area contributed by atoms with Crippen molar-refractivity contribution in [3.05, 3.63) is 29.8 Å². The monoisotopic (exact) mass is 264 g/mol. The molecule has 0 spiro atoms. The fourth-order valence-corrected chi connectivity index (χ4v) is 1.49. The fourth-order valence-electron chi connectivity index (χ4n) is 1.49. The molecule has 0 bridgehead atoms. The van der Waals surface area contributed by atoms with E-state index in [9.17, 15) is 9.59 Å². The van der Waals surface area contributed by atoms with Crippen molar-refractivity contribution in [2.24, 2.45) is 5.92 Å². The Morgan fingerprint density at radius 2 is 1.84 bits per heavy atom. The van der Waals surface area contributed by atoms with E-state index in [-0.39, 0.29) is 18.5 Å². The first-order valence-corrected chi connectivity index (χ1v) is 6.27. The number of hydrogen-bond donors (Lipinski definition) is 3. The highest BCUT2D eigenvalue weighted by atomic mass is 16.4.